The predicted molar refractivity (Wildman–Crippen MR) is 144 cm³/mol. The Morgan fingerprint density at radius 3 is 2.05 bits per heavy atom. The lowest BCUT2D eigenvalue weighted by molar-refractivity contribution is -0.153. The van der Waals surface area contributed by atoms with Gasteiger partial charge in [0.1, 0.15) is 12.6 Å². The third-order valence-corrected chi connectivity index (χ3v) is 7.80. The summed E-state index contributed by atoms with van der Waals surface area (Å²) in [5.74, 6) is -0.237. The number of carbonyl (C=O) groups is 1. The summed E-state index contributed by atoms with van der Waals surface area (Å²) in [4.78, 5) is 19.7. The summed E-state index contributed by atoms with van der Waals surface area (Å²) in [6.07, 6.45) is 1.92. The van der Waals surface area contributed by atoms with E-state index in [1.165, 1.54) is 22.3 Å². The van der Waals surface area contributed by atoms with Crippen LogP contribution in [0.25, 0.3) is 11.1 Å². The molecule has 0 saturated heterocycles. The van der Waals surface area contributed by atoms with E-state index in [1.54, 1.807) is 0 Å². The van der Waals surface area contributed by atoms with Crippen LogP contribution in [-0.2, 0) is 28.2 Å². The Bertz CT molecular complexity index is 1540. The molecule has 5 aromatic rings. The van der Waals surface area contributed by atoms with Crippen molar-refractivity contribution in [2.75, 3.05) is 0 Å². The standard InChI is InChI=1S/C33H26N2O2/c36-32(37-22-23-11-3-1-4-12-23)31-27-19-20-34-30(27)21-35(31)33(24-13-5-2-6-14-24)28-17-9-7-15-25(28)26-16-8-10-18-29(26)33/h1-20,31,34H,21-22H2/t31-/m0/s1. The molecule has 180 valence electrons. The summed E-state index contributed by atoms with van der Waals surface area (Å²) in [5, 5.41) is 0. The van der Waals surface area contributed by atoms with Crippen LogP contribution in [0.5, 0.6) is 0 Å². The average molecular weight is 483 g/mol. The number of rotatable bonds is 5. The number of benzene rings is 4. The molecule has 4 aromatic carbocycles. The van der Waals surface area contributed by atoms with E-state index in [2.05, 4.69) is 82.7 Å². The third-order valence-electron chi connectivity index (χ3n) is 7.80. The first-order valence-corrected chi connectivity index (χ1v) is 12.7. The highest BCUT2D eigenvalue weighted by Crippen LogP contribution is 2.58. The predicted octanol–water partition coefficient (Wildman–Crippen LogP) is 6.59. The summed E-state index contributed by atoms with van der Waals surface area (Å²) in [5.41, 5.74) is 8.28. The van der Waals surface area contributed by atoms with Crippen molar-refractivity contribution in [1.29, 1.82) is 0 Å². The fourth-order valence-electron chi connectivity index (χ4n) is 6.29. The van der Waals surface area contributed by atoms with Crippen LogP contribution in [0.2, 0.25) is 0 Å². The van der Waals surface area contributed by atoms with Gasteiger partial charge in [0.15, 0.2) is 0 Å². The molecular formula is C33H26N2O2. The molecule has 2 aliphatic rings. The maximum absolute atomic E-state index is 14.0. The maximum Gasteiger partial charge on any atom is 0.328 e. The van der Waals surface area contributed by atoms with E-state index in [4.69, 9.17) is 4.74 Å². The molecule has 0 fully saturated rings. The number of hydrogen-bond acceptors (Lipinski definition) is 3. The van der Waals surface area contributed by atoms with E-state index in [1.807, 2.05) is 48.7 Å². The van der Waals surface area contributed by atoms with Crippen LogP contribution in [0.15, 0.2) is 121 Å². The highest BCUT2D eigenvalue weighted by atomic mass is 16.5. The zero-order chi connectivity index (χ0) is 24.8. The molecule has 1 N–H and O–H groups in total. The Labute approximate surface area is 216 Å². The Hall–Kier alpha value is -4.41. The SMILES string of the molecule is O=C(OCc1ccccc1)[C@@H]1c2cc[nH]c2CN1C1(c2ccccc2)c2ccccc2-c2ccccc21. The zero-order valence-electron chi connectivity index (χ0n) is 20.3. The van der Waals surface area contributed by atoms with E-state index in [9.17, 15) is 4.79 Å². The number of H-pyrrole nitrogens is 1. The van der Waals surface area contributed by atoms with E-state index in [0.29, 0.717) is 6.54 Å². The molecule has 1 aliphatic heterocycles. The van der Waals surface area contributed by atoms with Gasteiger partial charge in [0.05, 0.1) is 5.54 Å². The van der Waals surface area contributed by atoms with Crippen LogP contribution in [0.1, 0.15) is 39.6 Å². The number of carbonyl (C=O) groups excluding carboxylic acids is 1. The number of ether oxygens (including phenoxy) is 1. The van der Waals surface area contributed by atoms with Crippen molar-refractivity contribution in [3.63, 3.8) is 0 Å². The summed E-state index contributed by atoms with van der Waals surface area (Å²) in [6, 6.07) is 39.1. The first kappa shape index (κ1) is 21.8. The monoisotopic (exact) mass is 482 g/mol. The highest BCUT2D eigenvalue weighted by Gasteiger charge is 2.55. The largest absolute Gasteiger partial charge is 0.459 e. The van der Waals surface area contributed by atoms with Crippen LogP contribution in [0.4, 0.5) is 0 Å². The summed E-state index contributed by atoms with van der Waals surface area (Å²) >= 11 is 0. The molecule has 4 heteroatoms. The first-order valence-electron chi connectivity index (χ1n) is 12.7. The van der Waals surface area contributed by atoms with Gasteiger partial charge in [0.2, 0.25) is 0 Å². The number of fused-ring (bicyclic) bond motifs is 4. The molecule has 0 amide bonds. The van der Waals surface area contributed by atoms with E-state index >= 15 is 0 Å². The van der Waals surface area contributed by atoms with Gasteiger partial charge in [-0.15, -0.1) is 0 Å². The molecule has 1 aliphatic carbocycles. The quantitative estimate of drug-likeness (QED) is 0.288. The number of aromatic nitrogens is 1. The Morgan fingerprint density at radius 1 is 0.784 bits per heavy atom. The highest BCUT2D eigenvalue weighted by molar-refractivity contribution is 5.85. The number of nitrogens with one attached hydrogen (secondary N) is 1. The topological polar surface area (TPSA) is 45.3 Å². The molecule has 1 aromatic heterocycles. The minimum Gasteiger partial charge on any atom is -0.459 e. The van der Waals surface area contributed by atoms with Crippen molar-refractivity contribution in [2.24, 2.45) is 0 Å². The molecule has 0 bridgehead atoms. The molecule has 7 rings (SSSR count). The van der Waals surface area contributed by atoms with Crippen LogP contribution in [0.3, 0.4) is 0 Å². The second-order valence-electron chi connectivity index (χ2n) is 9.70. The number of aromatic amines is 1. The molecule has 0 spiro atoms. The second-order valence-corrected chi connectivity index (χ2v) is 9.70. The fraction of sp³-hybridized carbons (Fsp3) is 0.121. The zero-order valence-corrected chi connectivity index (χ0v) is 20.3. The molecule has 0 radical (unpaired) electrons. The van der Waals surface area contributed by atoms with Crippen molar-refractivity contribution < 1.29 is 9.53 Å². The Balaban J connectivity index is 1.42. The first-order chi connectivity index (χ1) is 18.3. The minimum atomic E-state index is -0.648. The van der Waals surface area contributed by atoms with Gasteiger partial charge in [-0.1, -0.05) is 109 Å². The van der Waals surface area contributed by atoms with E-state index < -0.39 is 11.6 Å². The van der Waals surface area contributed by atoms with Crippen molar-refractivity contribution in [2.45, 2.75) is 24.7 Å². The van der Waals surface area contributed by atoms with Crippen molar-refractivity contribution in [3.8, 4) is 11.1 Å². The molecule has 2 heterocycles. The average Bonchev–Trinajstić information content (AvgIpc) is 3.64. The number of esters is 1. The van der Waals surface area contributed by atoms with Gasteiger partial charge in [-0.05, 0) is 39.4 Å². The number of hydrogen-bond donors (Lipinski definition) is 1. The molecule has 0 saturated carbocycles. The minimum absolute atomic E-state index is 0.237. The lowest BCUT2D eigenvalue weighted by Crippen LogP contribution is -2.48. The second kappa shape index (κ2) is 8.61. The van der Waals surface area contributed by atoms with Gasteiger partial charge >= 0.3 is 5.97 Å². The lowest BCUT2D eigenvalue weighted by atomic mass is 9.78. The van der Waals surface area contributed by atoms with Crippen LogP contribution < -0.4 is 0 Å². The molecule has 0 unspecified atom stereocenters. The summed E-state index contributed by atoms with van der Waals surface area (Å²) < 4.78 is 5.99. The fourth-order valence-corrected chi connectivity index (χ4v) is 6.29. The smallest absolute Gasteiger partial charge is 0.328 e. The van der Waals surface area contributed by atoms with Crippen molar-refractivity contribution in [3.05, 3.63) is 155 Å². The van der Waals surface area contributed by atoms with Gasteiger partial charge < -0.3 is 9.72 Å². The van der Waals surface area contributed by atoms with Gasteiger partial charge in [0, 0.05) is 24.0 Å². The van der Waals surface area contributed by atoms with Gasteiger partial charge in [-0.3, -0.25) is 4.90 Å². The Morgan fingerprint density at radius 2 is 1.38 bits per heavy atom. The normalized spacial score (nSPS) is 17.1. The number of nitrogens with zero attached hydrogens (tertiary/aromatic N) is 1. The summed E-state index contributed by atoms with van der Waals surface area (Å²) in [7, 11) is 0. The van der Waals surface area contributed by atoms with Crippen LogP contribution >= 0.6 is 0 Å². The van der Waals surface area contributed by atoms with Crippen LogP contribution in [-0.4, -0.2) is 15.9 Å². The lowest BCUT2D eigenvalue weighted by Gasteiger charge is -2.44. The van der Waals surface area contributed by atoms with Crippen LogP contribution in [0, 0.1) is 0 Å². The molecular weight excluding hydrogens is 456 g/mol. The van der Waals surface area contributed by atoms with E-state index in [-0.39, 0.29) is 12.6 Å². The van der Waals surface area contributed by atoms with Gasteiger partial charge in [-0.25, -0.2) is 4.79 Å². The van der Waals surface area contributed by atoms with Gasteiger partial charge in [-0.2, -0.15) is 0 Å². The summed E-state index contributed by atoms with van der Waals surface area (Å²) in [6.45, 7) is 0.848. The molecule has 37 heavy (non-hydrogen) atoms. The maximum atomic E-state index is 14.0. The molecule has 1 atom stereocenters. The third kappa shape index (κ3) is 3.23. The Kier molecular flexibility index (Phi) is 5.08. The van der Waals surface area contributed by atoms with Crippen molar-refractivity contribution in [1.82, 2.24) is 9.88 Å². The van der Waals surface area contributed by atoms with Crippen molar-refractivity contribution >= 4 is 5.97 Å². The molecule has 4 nitrogen and oxygen atoms in total. The van der Waals surface area contributed by atoms with E-state index in [0.717, 1.165) is 22.4 Å². The van der Waals surface area contributed by atoms with Gasteiger partial charge in [0.25, 0.3) is 0 Å².